The maximum atomic E-state index is 12.1. The summed E-state index contributed by atoms with van der Waals surface area (Å²) in [6.45, 7) is 0. The van der Waals surface area contributed by atoms with Gasteiger partial charge in [0.25, 0.3) is 5.89 Å². The minimum absolute atomic E-state index is 0.107. The van der Waals surface area contributed by atoms with E-state index in [4.69, 9.17) is 5.73 Å². The fourth-order valence-electron chi connectivity index (χ4n) is 1.30. The van der Waals surface area contributed by atoms with Crippen LogP contribution >= 0.6 is 0 Å². The lowest BCUT2D eigenvalue weighted by atomic mass is 10.2. The van der Waals surface area contributed by atoms with Crippen LogP contribution < -0.4 is 5.73 Å². The minimum atomic E-state index is -4.40. The number of aromatic nitrogens is 2. The van der Waals surface area contributed by atoms with E-state index in [0.29, 0.717) is 5.56 Å². The summed E-state index contributed by atoms with van der Waals surface area (Å²) in [6, 6.07) is 4.08. The lowest BCUT2D eigenvalue weighted by Gasteiger charge is -2.00. The summed E-state index contributed by atoms with van der Waals surface area (Å²) in [6.07, 6.45) is -5.66. The number of benzene rings is 1. The van der Waals surface area contributed by atoms with Gasteiger partial charge >= 0.3 is 6.18 Å². The van der Waals surface area contributed by atoms with Crippen LogP contribution in [-0.4, -0.2) is 21.4 Å². The minimum Gasteiger partial charge on any atom is -0.506 e. The number of phenolic OH excluding ortho intramolecular Hbond substituents is 1. The van der Waals surface area contributed by atoms with Crippen LogP contribution in [0.4, 0.5) is 18.9 Å². The van der Waals surface area contributed by atoms with Gasteiger partial charge < -0.3 is 15.4 Å². The van der Waals surface area contributed by atoms with Crippen molar-refractivity contribution >= 4 is 5.69 Å². The SMILES string of the molecule is Nc1ccc(-c2nc(CC(F)(F)F)no2)cc1O. The molecule has 0 aliphatic heterocycles. The monoisotopic (exact) mass is 259 g/mol. The number of rotatable bonds is 2. The number of phenols is 1. The van der Waals surface area contributed by atoms with E-state index in [-0.39, 0.29) is 17.3 Å². The van der Waals surface area contributed by atoms with Gasteiger partial charge in [-0.2, -0.15) is 18.2 Å². The number of hydrogen-bond acceptors (Lipinski definition) is 5. The van der Waals surface area contributed by atoms with E-state index in [9.17, 15) is 18.3 Å². The molecule has 0 spiro atoms. The molecule has 0 amide bonds. The lowest BCUT2D eigenvalue weighted by molar-refractivity contribution is -0.128. The van der Waals surface area contributed by atoms with Crippen LogP contribution in [0.25, 0.3) is 11.5 Å². The molecule has 2 rings (SSSR count). The second-order valence-corrected chi connectivity index (χ2v) is 3.58. The van der Waals surface area contributed by atoms with Crippen LogP contribution in [-0.2, 0) is 6.42 Å². The summed E-state index contributed by atoms with van der Waals surface area (Å²) >= 11 is 0. The molecule has 0 radical (unpaired) electrons. The molecule has 0 aliphatic rings. The Morgan fingerprint density at radius 2 is 2.06 bits per heavy atom. The molecule has 0 saturated heterocycles. The van der Waals surface area contributed by atoms with Crippen molar-refractivity contribution in [2.75, 3.05) is 5.73 Å². The van der Waals surface area contributed by atoms with Gasteiger partial charge in [0, 0.05) is 5.56 Å². The Bertz CT molecular complexity index is 566. The van der Waals surface area contributed by atoms with Gasteiger partial charge in [-0.05, 0) is 18.2 Å². The molecule has 18 heavy (non-hydrogen) atoms. The van der Waals surface area contributed by atoms with Gasteiger partial charge in [0.15, 0.2) is 5.82 Å². The molecule has 2 aromatic rings. The maximum Gasteiger partial charge on any atom is 0.396 e. The standard InChI is InChI=1S/C10H8F3N3O2/c11-10(12,13)4-8-15-9(18-16-8)5-1-2-6(14)7(17)3-5/h1-3,17H,4,14H2. The van der Waals surface area contributed by atoms with Crippen molar-refractivity contribution in [1.29, 1.82) is 0 Å². The van der Waals surface area contributed by atoms with Crippen molar-refractivity contribution in [1.82, 2.24) is 10.1 Å². The maximum absolute atomic E-state index is 12.1. The van der Waals surface area contributed by atoms with Gasteiger partial charge in [-0.3, -0.25) is 0 Å². The fraction of sp³-hybridized carbons (Fsp3) is 0.200. The molecule has 0 atom stereocenters. The van der Waals surface area contributed by atoms with Crippen molar-refractivity contribution < 1.29 is 22.8 Å². The average Bonchev–Trinajstić information content (AvgIpc) is 2.68. The second-order valence-electron chi connectivity index (χ2n) is 3.58. The largest absolute Gasteiger partial charge is 0.506 e. The molecule has 0 bridgehead atoms. The molecule has 0 fully saturated rings. The molecule has 0 unspecified atom stereocenters. The molecule has 3 N–H and O–H groups in total. The number of nitrogens with two attached hydrogens (primary N) is 1. The van der Waals surface area contributed by atoms with Crippen LogP contribution in [0.2, 0.25) is 0 Å². The Morgan fingerprint density at radius 3 is 2.67 bits per heavy atom. The Kier molecular flexibility index (Phi) is 2.85. The number of aromatic hydroxyl groups is 1. The third kappa shape index (κ3) is 2.70. The summed E-state index contributed by atoms with van der Waals surface area (Å²) < 4.78 is 41.0. The summed E-state index contributed by atoms with van der Waals surface area (Å²) in [5.74, 6) is -0.776. The fourth-order valence-corrected chi connectivity index (χ4v) is 1.30. The zero-order valence-corrected chi connectivity index (χ0v) is 8.90. The first-order valence-electron chi connectivity index (χ1n) is 4.83. The van der Waals surface area contributed by atoms with Gasteiger partial charge in [-0.25, -0.2) is 0 Å². The second kappa shape index (κ2) is 4.21. The number of anilines is 1. The predicted octanol–water partition coefficient (Wildman–Crippen LogP) is 2.13. The van der Waals surface area contributed by atoms with Crippen molar-refractivity contribution in [3.05, 3.63) is 24.0 Å². The van der Waals surface area contributed by atoms with E-state index in [1.54, 1.807) is 0 Å². The van der Waals surface area contributed by atoms with Crippen molar-refractivity contribution in [2.24, 2.45) is 0 Å². The van der Waals surface area contributed by atoms with Gasteiger partial charge in [0.05, 0.1) is 5.69 Å². The van der Waals surface area contributed by atoms with Gasteiger partial charge in [0.2, 0.25) is 0 Å². The zero-order valence-electron chi connectivity index (χ0n) is 8.90. The smallest absolute Gasteiger partial charge is 0.396 e. The quantitative estimate of drug-likeness (QED) is 0.637. The topological polar surface area (TPSA) is 85.2 Å². The van der Waals surface area contributed by atoms with E-state index >= 15 is 0 Å². The van der Waals surface area contributed by atoms with Gasteiger partial charge in [-0.15, -0.1) is 0 Å². The number of alkyl halides is 3. The van der Waals surface area contributed by atoms with E-state index in [1.807, 2.05) is 0 Å². The average molecular weight is 259 g/mol. The predicted molar refractivity (Wildman–Crippen MR) is 55.6 cm³/mol. The zero-order chi connectivity index (χ0) is 13.3. The Morgan fingerprint density at radius 1 is 1.33 bits per heavy atom. The van der Waals surface area contributed by atoms with E-state index < -0.39 is 18.4 Å². The summed E-state index contributed by atoms with van der Waals surface area (Å²) in [4.78, 5) is 3.59. The first-order valence-corrected chi connectivity index (χ1v) is 4.83. The molecule has 5 nitrogen and oxygen atoms in total. The highest BCUT2D eigenvalue weighted by Crippen LogP contribution is 2.27. The molecule has 1 aromatic heterocycles. The normalized spacial score (nSPS) is 11.7. The van der Waals surface area contributed by atoms with E-state index in [2.05, 4.69) is 14.7 Å². The number of nitrogens with zero attached hydrogens (tertiary/aromatic N) is 2. The van der Waals surface area contributed by atoms with Crippen molar-refractivity contribution in [3.8, 4) is 17.2 Å². The van der Waals surface area contributed by atoms with Crippen LogP contribution in [0.15, 0.2) is 22.7 Å². The molecule has 0 saturated carbocycles. The van der Waals surface area contributed by atoms with Gasteiger partial charge in [0.1, 0.15) is 12.2 Å². The van der Waals surface area contributed by atoms with Crippen molar-refractivity contribution in [3.63, 3.8) is 0 Å². The first-order chi connectivity index (χ1) is 8.35. The lowest BCUT2D eigenvalue weighted by Crippen LogP contribution is -2.12. The van der Waals surface area contributed by atoms with Crippen LogP contribution in [0, 0.1) is 0 Å². The molecule has 8 heteroatoms. The molecule has 1 aromatic carbocycles. The Hall–Kier alpha value is -2.25. The number of hydrogen-bond donors (Lipinski definition) is 2. The third-order valence-corrected chi connectivity index (χ3v) is 2.10. The van der Waals surface area contributed by atoms with Crippen LogP contribution in [0.1, 0.15) is 5.82 Å². The van der Waals surface area contributed by atoms with E-state index in [0.717, 1.165) is 0 Å². The molecule has 0 aliphatic carbocycles. The molecule has 96 valence electrons. The molecule has 1 heterocycles. The molecular formula is C10H8F3N3O2. The van der Waals surface area contributed by atoms with Crippen LogP contribution in [0.3, 0.4) is 0 Å². The Labute approximate surface area is 99.0 Å². The number of nitrogen functional groups attached to an aromatic ring is 1. The summed E-state index contributed by atoms with van der Waals surface area (Å²) in [7, 11) is 0. The highest BCUT2D eigenvalue weighted by atomic mass is 19.4. The van der Waals surface area contributed by atoms with E-state index in [1.165, 1.54) is 18.2 Å². The van der Waals surface area contributed by atoms with Gasteiger partial charge in [-0.1, -0.05) is 5.16 Å². The first kappa shape index (κ1) is 12.2. The molecular weight excluding hydrogens is 251 g/mol. The summed E-state index contributed by atoms with van der Waals surface area (Å²) in [5.41, 5.74) is 5.83. The van der Waals surface area contributed by atoms with Crippen molar-refractivity contribution in [2.45, 2.75) is 12.6 Å². The summed E-state index contributed by atoms with van der Waals surface area (Å²) in [5, 5.41) is 12.6. The Balaban J connectivity index is 2.26. The highest BCUT2D eigenvalue weighted by Gasteiger charge is 2.30. The van der Waals surface area contributed by atoms with Crippen LogP contribution in [0.5, 0.6) is 5.75 Å². The highest BCUT2D eigenvalue weighted by molar-refractivity contribution is 5.63. The third-order valence-electron chi connectivity index (χ3n) is 2.10. The number of halogens is 3.